The first-order chi connectivity index (χ1) is 13.3. The summed E-state index contributed by atoms with van der Waals surface area (Å²) in [5, 5.41) is 6.82. The van der Waals surface area contributed by atoms with Gasteiger partial charge in [-0.05, 0) is 43.5 Å². The molecule has 6 heteroatoms. The lowest BCUT2D eigenvalue weighted by Gasteiger charge is -2.26. The van der Waals surface area contributed by atoms with E-state index in [0.717, 1.165) is 49.8 Å². The molecule has 0 aliphatic rings. The second-order valence-corrected chi connectivity index (χ2v) is 9.31. The molecule has 0 spiro atoms. The zero-order chi connectivity index (χ0) is 19.2. The summed E-state index contributed by atoms with van der Waals surface area (Å²) in [6, 6.07) is 21.3. The molecule has 2 rings (SSSR count). The van der Waals surface area contributed by atoms with E-state index in [-0.39, 0.29) is 0 Å². The van der Waals surface area contributed by atoms with Gasteiger partial charge >= 0.3 is 8.80 Å². The average Bonchev–Trinajstić information content (AvgIpc) is 2.74. The Labute approximate surface area is 164 Å². The van der Waals surface area contributed by atoms with E-state index in [4.69, 9.17) is 13.3 Å². The van der Waals surface area contributed by atoms with Crippen molar-refractivity contribution in [3.05, 3.63) is 60.7 Å². The quantitative estimate of drug-likeness (QED) is 0.365. The number of unbranched alkanes of at least 4 members (excludes halogenated alkanes) is 1. The molecule has 0 amide bonds. The van der Waals surface area contributed by atoms with Gasteiger partial charge in [-0.1, -0.05) is 36.4 Å². The standard InChI is InChI=1S/C21H32N2O3Si/c1-24-27(25-2,19-11-17-23-21-14-7-4-8-15-21)26-18-10-9-16-22-20-12-5-3-6-13-20/h3-8,12-15,22-23H,9-11,16-19H2,1-2H3. The Bertz CT molecular complexity index is 609. The molecule has 0 aromatic heterocycles. The van der Waals surface area contributed by atoms with Crippen LogP contribution in [0.1, 0.15) is 19.3 Å². The van der Waals surface area contributed by atoms with Crippen molar-refractivity contribution in [3.63, 3.8) is 0 Å². The molecule has 0 unspecified atom stereocenters. The molecule has 148 valence electrons. The highest BCUT2D eigenvalue weighted by Crippen LogP contribution is 2.17. The maximum Gasteiger partial charge on any atom is 0.500 e. The van der Waals surface area contributed by atoms with Gasteiger partial charge in [0.05, 0.1) is 0 Å². The Hall–Kier alpha value is -1.86. The minimum atomic E-state index is -2.57. The Morgan fingerprint density at radius 3 is 1.74 bits per heavy atom. The van der Waals surface area contributed by atoms with Gasteiger partial charge in [0.15, 0.2) is 0 Å². The smallest absolute Gasteiger partial charge is 0.385 e. The number of nitrogens with one attached hydrogen (secondary N) is 2. The molecule has 0 aliphatic carbocycles. The first-order valence-electron chi connectivity index (χ1n) is 9.60. The SMILES string of the molecule is CO[Si](CCCNc1ccccc1)(OC)OCCCCNc1ccccc1. The lowest BCUT2D eigenvalue weighted by atomic mass is 10.3. The molecule has 0 atom stereocenters. The third kappa shape index (κ3) is 8.13. The molecule has 0 fully saturated rings. The summed E-state index contributed by atoms with van der Waals surface area (Å²) >= 11 is 0. The molecule has 27 heavy (non-hydrogen) atoms. The maximum absolute atomic E-state index is 6.07. The first-order valence-corrected chi connectivity index (χ1v) is 11.5. The van der Waals surface area contributed by atoms with Crippen molar-refractivity contribution in [2.75, 3.05) is 44.5 Å². The van der Waals surface area contributed by atoms with E-state index in [2.05, 4.69) is 34.9 Å². The summed E-state index contributed by atoms with van der Waals surface area (Å²) < 4.78 is 17.4. The minimum Gasteiger partial charge on any atom is -0.385 e. The molecule has 2 aromatic rings. The van der Waals surface area contributed by atoms with E-state index >= 15 is 0 Å². The summed E-state index contributed by atoms with van der Waals surface area (Å²) in [7, 11) is 0.817. The molecule has 0 radical (unpaired) electrons. The Balaban J connectivity index is 1.61. The Kier molecular flexibility index (Phi) is 9.93. The lowest BCUT2D eigenvalue weighted by Crippen LogP contribution is -2.44. The van der Waals surface area contributed by atoms with Gasteiger partial charge in [-0.3, -0.25) is 0 Å². The normalized spacial score (nSPS) is 11.3. The number of hydrogen-bond acceptors (Lipinski definition) is 5. The lowest BCUT2D eigenvalue weighted by molar-refractivity contribution is 0.0964. The van der Waals surface area contributed by atoms with Crippen molar-refractivity contribution in [3.8, 4) is 0 Å². The van der Waals surface area contributed by atoms with E-state index in [9.17, 15) is 0 Å². The number of para-hydroxylation sites is 2. The fourth-order valence-corrected chi connectivity index (χ4v) is 4.83. The van der Waals surface area contributed by atoms with E-state index in [0.29, 0.717) is 6.61 Å². The summed E-state index contributed by atoms with van der Waals surface area (Å²) in [4.78, 5) is 0. The van der Waals surface area contributed by atoms with Gasteiger partial charge < -0.3 is 23.9 Å². The predicted molar refractivity (Wildman–Crippen MR) is 114 cm³/mol. The molecular formula is C21H32N2O3Si. The van der Waals surface area contributed by atoms with Gasteiger partial charge in [0.25, 0.3) is 0 Å². The molecule has 2 N–H and O–H groups in total. The third-order valence-corrected chi connectivity index (χ3v) is 7.23. The van der Waals surface area contributed by atoms with E-state index in [1.54, 1.807) is 14.2 Å². The molecule has 0 aliphatic heterocycles. The minimum absolute atomic E-state index is 0.663. The van der Waals surface area contributed by atoms with E-state index in [1.807, 2.05) is 36.4 Å². The second kappa shape index (κ2) is 12.5. The molecule has 0 heterocycles. The molecule has 0 saturated heterocycles. The van der Waals surface area contributed by atoms with Crippen molar-refractivity contribution in [2.45, 2.75) is 25.3 Å². The monoisotopic (exact) mass is 388 g/mol. The number of rotatable bonds is 14. The molecule has 5 nitrogen and oxygen atoms in total. The van der Waals surface area contributed by atoms with Gasteiger partial charge in [-0.25, -0.2) is 0 Å². The van der Waals surface area contributed by atoms with Crippen LogP contribution in [0.25, 0.3) is 0 Å². The van der Waals surface area contributed by atoms with Crippen LogP contribution in [0.2, 0.25) is 6.04 Å². The summed E-state index contributed by atoms with van der Waals surface area (Å²) in [5.74, 6) is 0. The van der Waals surface area contributed by atoms with Gasteiger partial charge in [0.2, 0.25) is 0 Å². The molecule has 0 saturated carbocycles. The van der Waals surface area contributed by atoms with Gasteiger partial charge in [0, 0.05) is 51.3 Å². The van der Waals surface area contributed by atoms with Crippen LogP contribution in [-0.4, -0.2) is 42.7 Å². The second-order valence-electron chi connectivity index (χ2n) is 6.34. The van der Waals surface area contributed by atoms with Crippen LogP contribution in [0.3, 0.4) is 0 Å². The topological polar surface area (TPSA) is 51.8 Å². The maximum atomic E-state index is 6.07. The van der Waals surface area contributed by atoms with E-state index in [1.165, 1.54) is 0 Å². The van der Waals surface area contributed by atoms with Crippen molar-refractivity contribution in [1.82, 2.24) is 0 Å². The zero-order valence-electron chi connectivity index (χ0n) is 16.4. The fraction of sp³-hybridized carbons (Fsp3) is 0.429. The van der Waals surface area contributed by atoms with Crippen LogP contribution < -0.4 is 10.6 Å². The largest absolute Gasteiger partial charge is 0.500 e. The summed E-state index contributed by atoms with van der Waals surface area (Å²) in [5.41, 5.74) is 2.29. The molecule has 2 aromatic carbocycles. The van der Waals surface area contributed by atoms with E-state index < -0.39 is 8.80 Å². The number of hydrogen-bond donors (Lipinski definition) is 2. The first kappa shape index (κ1) is 21.4. The molecule has 0 bridgehead atoms. The van der Waals surface area contributed by atoms with Gasteiger partial charge in [-0.15, -0.1) is 0 Å². The fourth-order valence-electron chi connectivity index (χ4n) is 2.81. The number of benzene rings is 2. The van der Waals surface area contributed by atoms with Gasteiger partial charge in [-0.2, -0.15) is 0 Å². The number of anilines is 2. The van der Waals surface area contributed by atoms with Crippen LogP contribution in [0, 0.1) is 0 Å². The van der Waals surface area contributed by atoms with Crippen molar-refractivity contribution in [1.29, 1.82) is 0 Å². The highest BCUT2D eigenvalue weighted by molar-refractivity contribution is 6.60. The Morgan fingerprint density at radius 2 is 1.22 bits per heavy atom. The highest BCUT2D eigenvalue weighted by atomic mass is 28.4. The van der Waals surface area contributed by atoms with Crippen molar-refractivity contribution < 1.29 is 13.3 Å². The predicted octanol–water partition coefficient (Wildman–Crippen LogP) is 4.63. The summed E-state index contributed by atoms with van der Waals surface area (Å²) in [6.07, 6.45) is 2.96. The van der Waals surface area contributed by atoms with Crippen molar-refractivity contribution >= 4 is 20.2 Å². The van der Waals surface area contributed by atoms with Crippen LogP contribution >= 0.6 is 0 Å². The van der Waals surface area contributed by atoms with Crippen LogP contribution in [-0.2, 0) is 13.3 Å². The summed E-state index contributed by atoms with van der Waals surface area (Å²) in [6.45, 7) is 2.47. The van der Waals surface area contributed by atoms with Crippen LogP contribution in [0.5, 0.6) is 0 Å². The Morgan fingerprint density at radius 1 is 0.704 bits per heavy atom. The zero-order valence-corrected chi connectivity index (χ0v) is 17.4. The van der Waals surface area contributed by atoms with Crippen LogP contribution in [0.15, 0.2) is 60.7 Å². The molecular weight excluding hydrogens is 356 g/mol. The van der Waals surface area contributed by atoms with Gasteiger partial charge in [0.1, 0.15) is 0 Å². The van der Waals surface area contributed by atoms with Crippen LogP contribution in [0.4, 0.5) is 11.4 Å². The highest BCUT2D eigenvalue weighted by Gasteiger charge is 2.38. The van der Waals surface area contributed by atoms with Crippen molar-refractivity contribution in [2.24, 2.45) is 0 Å². The average molecular weight is 389 g/mol. The third-order valence-electron chi connectivity index (χ3n) is 4.38.